The van der Waals surface area contributed by atoms with Crippen LogP contribution in [0.15, 0.2) is 10.2 Å². The van der Waals surface area contributed by atoms with E-state index in [9.17, 15) is 0 Å². The summed E-state index contributed by atoms with van der Waals surface area (Å²) < 4.78 is 0. The predicted molar refractivity (Wildman–Crippen MR) is 53.5 cm³/mol. The molecule has 0 aromatic carbocycles. The Hall–Kier alpha value is -1.42. The first-order valence-corrected chi connectivity index (χ1v) is 4.72. The van der Waals surface area contributed by atoms with Crippen LogP contribution in [0.25, 0.3) is 0 Å². The van der Waals surface area contributed by atoms with Gasteiger partial charge in [-0.1, -0.05) is 13.8 Å². The highest BCUT2D eigenvalue weighted by Crippen LogP contribution is 2.20. The molecule has 0 fully saturated rings. The van der Waals surface area contributed by atoms with Crippen molar-refractivity contribution in [2.24, 2.45) is 10.2 Å². The molecule has 0 rings (SSSR count). The summed E-state index contributed by atoms with van der Waals surface area (Å²) in [6.07, 6.45) is 1.19. The second kappa shape index (κ2) is 4.72. The summed E-state index contributed by atoms with van der Waals surface area (Å²) in [5, 5.41) is 25.6. The van der Waals surface area contributed by atoms with Gasteiger partial charge in [0.2, 0.25) is 0 Å². The Morgan fingerprint density at radius 1 is 0.929 bits per heavy atom. The summed E-state index contributed by atoms with van der Waals surface area (Å²) in [7, 11) is 0. The van der Waals surface area contributed by atoms with Crippen molar-refractivity contribution in [3.63, 3.8) is 0 Å². The molecule has 4 heteroatoms. The fraction of sp³-hybridized carbons (Fsp3) is 0.800. The van der Waals surface area contributed by atoms with Gasteiger partial charge in [-0.25, -0.2) is 0 Å². The zero-order valence-corrected chi connectivity index (χ0v) is 9.20. The monoisotopic (exact) mass is 192 g/mol. The molecule has 0 heterocycles. The van der Waals surface area contributed by atoms with E-state index in [-0.39, 0.29) is 0 Å². The van der Waals surface area contributed by atoms with Crippen LogP contribution in [0.3, 0.4) is 0 Å². The van der Waals surface area contributed by atoms with E-state index < -0.39 is 11.1 Å². The maximum absolute atomic E-state index is 8.84. The first kappa shape index (κ1) is 12.6. The number of rotatable bonds is 4. The Morgan fingerprint density at radius 2 is 1.21 bits per heavy atom. The van der Waals surface area contributed by atoms with Crippen LogP contribution >= 0.6 is 0 Å². The van der Waals surface area contributed by atoms with Gasteiger partial charge in [-0.2, -0.15) is 20.8 Å². The lowest BCUT2D eigenvalue weighted by atomic mass is 10.0. The first-order valence-electron chi connectivity index (χ1n) is 4.72. The van der Waals surface area contributed by atoms with E-state index in [2.05, 4.69) is 22.4 Å². The zero-order valence-electron chi connectivity index (χ0n) is 9.20. The van der Waals surface area contributed by atoms with Crippen molar-refractivity contribution in [1.29, 1.82) is 10.5 Å². The molecule has 0 spiro atoms. The molecule has 0 amide bonds. The smallest absolute Gasteiger partial charge is 0.164 e. The highest BCUT2D eigenvalue weighted by atomic mass is 15.2. The van der Waals surface area contributed by atoms with Gasteiger partial charge in [-0.15, -0.1) is 0 Å². The summed E-state index contributed by atoms with van der Waals surface area (Å²) in [5.41, 5.74) is -1.60. The van der Waals surface area contributed by atoms with Gasteiger partial charge < -0.3 is 0 Å². The molecular formula is C10H16N4. The number of hydrogen-bond donors (Lipinski definition) is 0. The molecular weight excluding hydrogens is 176 g/mol. The van der Waals surface area contributed by atoms with Crippen molar-refractivity contribution in [3.05, 3.63) is 0 Å². The normalized spacial score (nSPS) is 19.3. The molecule has 76 valence electrons. The summed E-state index contributed by atoms with van der Waals surface area (Å²) in [4.78, 5) is 0. The molecule has 4 nitrogen and oxygen atoms in total. The average molecular weight is 192 g/mol. The van der Waals surface area contributed by atoms with E-state index in [1.807, 2.05) is 13.8 Å². The van der Waals surface area contributed by atoms with E-state index in [1.165, 1.54) is 0 Å². The van der Waals surface area contributed by atoms with Crippen LogP contribution in [0, 0.1) is 22.7 Å². The quantitative estimate of drug-likeness (QED) is 0.642. The second-order valence-electron chi connectivity index (χ2n) is 3.68. The standard InChI is InChI=1S/C10H16N4/c1-5-9(3,7-11)13-14-10(4,6-2)8-12/h5-6H2,1-4H3/t9-,10-/m1/s1. The zero-order chi connectivity index (χ0) is 11.2. The van der Waals surface area contributed by atoms with Gasteiger partial charge in [0.25, 0.3) is 0 Å². The fourth-order valence-electron chi connectivity index (χ4n) is 0.565. The number of hydrogen-bond acceptors (Lipinski definition) is 4. The predicted octanol–water partition coefficient (Wildman–Crippen LogP) is 2.82. The second-order valence-corrected chi connectivity index (χ2v) is 3.68. The Labute approximate surface area is 85.3 Å². The molecule has 0 aromatic heterocycles. The van der Waals surface area contributed by atoms with Crippen molar-refractivity contribution in [2.45, 2.75) is 51.6 Å². The SMILES string of the molecule is CC[C@](C)(C#N)N=N[C@@](C)(C#N)CC. The molecule has 0 saturated heterocycles. The van der Waals surface area contributed by atoms with E-state index in [1.54, 1.807) is 13.8 Å². The minimum atomic E-state index is -0.798. The Balaban J connectivity index is 4.76. The van der Waals surface area contributed by atoms with Crippen molar-refractivity contribution >= 4 is 0 Å². The molecule has 2 atom stereocenters. The van der Waals surface area contributed by atoms with Crippen LogP contribution in [0.2, 0.25) is 0 Å². The molecule has 0 aliphatic carbocycles. The van der Waals surface area contributed by atoms with Gasteiger partial charge in [0, 0.05) is 0 Å². The molecule has 0 aromatic rings. The van der Waals surface area contributed by atoms with Gasteiger partial charge in [-0.05, 0) is 26.7 Å². The summed E-state index contributed by atoms with van der Waals surface area (Å²) in [6, 6.07) is 4.16. The molecule has 0 saturated carbocycles. The lowest BCUT2D eigenvalue weighted by Gasteiger charge is -2.16. The van der Waals surface area contributed by atoms with Gasteiger partial charge in [-0.3, -0.25) is 0 Å². The van der Waals surface area contributed by atoms with Crippen molar-refractivity contribution < 1.29 is 0 Å². The third kappa shape index (κ3) is 3.14. The lowest BCUT2D eigenvalue weighted by molar-refractivity contribution is 0.473. The number of azo groups is 1. The average Bonchev–Trinajstić information content (AvgIpc) is 2.25. The Bertz CT molecular complexity index is 266. The highest BCUT2D eigenvalue weighted by Gasteiger charge is 2.25. The molecule has 0 unspecified atom stereocenters. The molecule has 0 radical (unpaired) electrons. The maximum Gasteiger partial charge on any atom is 0.164 e. The fourth-order valence-corrected chi connectivity index (χ4v) is 0.565. The third-order valence-electron chi connectivity index (χ3n) is 2.35. The lowest BCUT2D eigenvalue weighted by Crippen LogP contribution is -2.22. The van der Waals surface area contributed by atoms with Gasteiger partial charge in [0.15, 0.2) is 11.1 Å². The summed E-state index contributed by atoms with van der Waals surface area (Å²) in [5.74, 6) is 0. The maximum atomic E-state index is 8.84. The van der Waals surface area contributed by atoms with Crippen molar-refractivity contribution in [1.82, 2.24) is 0 Å². The molecule has 0 aliphatic rings. The minimum Gasteiger partial charge on any atom is -0.196 e. The van der Waals surface area contributed by atoms with Crippen LogP contribution < -0.4 is 0 Å². The van der Waals surface area contributed by atoms with Crippen LogP contribution in [0.5, 0.6) is 0 Å². The first-order chi connectivity index (χ1) is 6.45. The molecule has 0 aliphatic heterocycles. The van der Waals surface area contributed by atoms with E-state index in [4.69, 9.17) is 10.5 Å². The molecule has 0 N–H and O–H groups in total. The molecule has 0 bridgehead atoms. The van der Waals surface area contributed by atoms with Crippen LogP contribution in [-0.4, -0.2) is 11.1 Å². The number of nitriles is 2. The summed E-state index contributed by atoms with van der Waals surface area (Å²) >= 11 is 0. The van der Waals surface area contributed by atoms with E-state index in [0.717, 1.165) is 0 Å². The van der Waals surface area contributed by atoms with Crippen molar-refractivity contribution in [3.8, 4) is 12.1 Å². The minimum absolute atomic E-state index is 0.595. The Kier molecular flexibility index (Phi) is 4.24. The van der Waals surface area contributed by atoms with Crippen LogP contribution in [0.1, 0.15) is 40.5 Å². The topological polar surface area (TPSA) is 72.3 Å². The van der Waals surface area contributed by atoms with E-state index in [0.29, 0.717) is 12.8 Å². The van der Waals surface area contributed by atoms with Gasteiger partial charge in [0.05, 0.1) is 12.1 Å². The number of nitrogens with zero attached hydrogens (tertiary/aromatic N) is 4. The van der Waals surface area contributed by atoms with Crippen LogP contribution in [0.4, 0.5) is 0 Å². The highest BCUT2D eigenvalue weighted by molar-refractivity contribution is 5.06. The summed E-state index contributed by atoms with van der Waals surface area (Å²) in [6.45, 7) is 7.17. The van der Waals surface area contributed by atoms with Crippen molar-refractivity contribution in [2.75, 3.05) is 0 Å². The third-order valence-corrected chi connectivity index (χ3v) is 2.35. The molecule has 14 heavy (non-hydrogen) atoms. The largest absolute Gasteiger partial charge is 0.196 e. The Morgan fingerprint density at radius 3 is 1.36 bits per heavy atom. The van der Waals surface area contributed by atoms with Gasteiger partial charge >= 0.3 is 0 Å². The van der Waals surface area contributed by atoms with Gasteiger partial charge in [0.1, 0.15) is 0 Å². The van der Waals surface area contributed by atoms with Crippen LogP contribution in [-0.2, 0) is 0 Å². The van der Waals surface area contributed by atoms with E-state index >= 15 is 0 Å².